The highest BCUT2D eigenvalue weighted by atomic mass is 16.5. The molecule has 3 aromatic carbocycles. The van der Waals surface area contributed by atoms with E-state index in [9.17, 15) is 0 Å². The molecule has 4 heterocycles. The normalized spacial score (nSPS) is 21.6. The molecule has 0 spiro atoms. The molecule has 2 atom stereocenters. The van der Waals surface area contributed by atoms with Gasteiger partial charge in [-0.3, -0.25) is 0 Å². The van der Waals surface area contributed by atoms with E-state index in [1.165, 1.54) is 5.69 Å². The number of rotatable bonds is 6. The van der Waals surface area contributed by atoms with Crippen molar-refractivity contribution in [2.24, 2.45) is 0 Å². The van der Waals surface area contributed by atoms with Gasteiger partial charge in [0.15, 0.2) is 0 Å². The minimum absolute atomic E-state index is 0.110. The zero-order chi connectivity index (χ0) is 25.9. The predicted molar refractivity (Wildman–Crippen MR) is 156 cm³/mol. The molecular weight excluding hydrogens is 469 g/mol. The first-order valence-electron chi connectivity index (χ1n) is 13.0. The highest BCUT2D eigenvalue weighted by Crippen LogP contribution is 2.50. The molecule has 2 aliphatic heterocycles. The van der Waals surface area contributed by atoms with E-state index in [1.807, 2.05) is 37.6 Å². The summed E-state index contributed by atoms with van der Waals surface area (Å²) in [6.07, 6.45) is 0. The van der Waals surface area contributed by atoms with Gasteiger partial charge in [-0.15, -0.1) is 5.72 Å². The summed E-state index contributed by atoms with van der Waals surface area (Å²) in [6, 6.07) is 20.5. The Balaban J connectivity index is 1.13. The molecule has 2 unspecified atom stereocenters. The second-order valence-corrected chi connectivity index (χ2v) is 10.5. The lowest BCUT2D eigenvalue weighted by Crippen LogP contribution is -2.44. The number of nitrogens with one attached hydrogen (secondary N) is 2. The fourth-order valence-corrected chi connectivity index (χ4v) is 5.06. The van der Waals surface area contributed by atoms with Crippen LogP contribution in [0.1, 0.15) is 0 Å². The van der Waals surface area contributed by atoms with Gasteiger partial charge in [-0.1, -0.05) is 17.3 Å². The molecule has 0 amide bonds. The SMILES string of the molecule is [B]C1[B]C1([B])COc1cccc(-c2nc3ccc(-c4nc5ccc(N6CCN(C)CC6)cc5[nH]4)cc3[nH]2)c1. The number of anilines is 1. The molecule has 7 nitrogen and oxygen atoms in total. The number of imidazole rings is 2. The third kappa shape index (κ3) is 4.37. The summed E-state index contributed by atoms with van der Waals surface area (Å²) in [7, 11) is 16.1. The van der Waals surface area contributed by atoms with Crippen molar-refractivity contribution in [1.82, 2.24) is 24.8 Å². The van der Waals surface area contributed by atoms with Crippen LogP contribution in [-0.4, -0.2) is 87.6 Å². The van der Waals surface area contributed by atoms with Gasteiger partial charge in [0.1, 0.15) is 24.7 Å². The van der Waals surface area contributed by atoms with E-state index in [4.69, 9.17) is 30.4 Å². The number of aromatic amines is 2. The van der Waals surface area contributed by atoms with E-state index >= 15 is 0 Å². The van der Waals surface area contributed by atoms with Gasteiger partial charge in [0.2, 0.25) is 0 Å². The molecule has 0 saturated carbocycles. The highest BCUT2D eigenvalue weighted by molar-refractivity contribution is 6.78. The van der Waals surface area contributed by atoms with Crippen molar-refractivity contribution in [3.05, 3.63) is 60.7 Å². The lowest BCUT2D eigenvalue weighted by Gasteiger charge is -2.34. The van der Waals surface area contributed by atoms with Gasteiger partial charge in [0.25, 0.3) is 0 Å². The molecule has 2 fully saturated rings. The number of likely N-dealkylation sites (N-methyl/N-ethyl adjacent to an activating group) is 1. The van der Waals surface area contributed by atoms with Crippen LogP contribution in [0.3, 0.4) is 0 Å². The standard InChI is InChI=1S/C28H26B3N6O/c1-36-9-11-37(12-10-36)19-6-8-22-24(15-19)35-26(33-22)18-5-7-21-23(14-18)34-25(32-21)17-3-2-4-20(13-17)38-16-28(30)27(29)31-28/h2-8,13-15,27H,9-12,16H2,1H3,(H,32,34)(H,33,35). The second-order valence-electron chi connectivity index (χ2n) is 10.5. The van der Waals surface area contributed by atoms with Crippen LogP contribution >= 0.6 is 0 Å². The summed E-state index contributed by atoms with van der Waals surface area (Å²) in [5.74, 6) is 2.36. The Labute approximate surface area is 225 Å². The zero-order valence-corrected chi connectivity index (χ0v) is 21.3. The van der Waals surface area contributed by atoms with E-state index in [0.29, 0.717) is 6.61 Å². The number of benzene rings is 3. The molecule has 7 rings (SSSR count). The average Bonchev–Trinajstić information content (AvgIpc) is 3.28. The molecule has 10 heteroatoms. The molecule has 2 aliphatic rings. The maximum absolute atomic E-state index is 6.14. The number of ether oxygens (including phenoxy) is 1. The molecule has 0 bridgehead atoms. The lowest BCUT2D eigenvalue weighted by atomic mass is 9.71. The minimum atomic E-state index is -0.533. The Morgan fingerprint density at radius 3 is 2.29 bits per heavy atom. The van der Waals surface area contributed by atoms with Gasteiger partial charge in [-0.25, -0.2) is 9.97 Å². The summed E-state index contributed by atoms with van der Waals surface area (Å²) >= 11 is 0. The van der Waals surface area contributed by atoms with E-state index in [2.05, 4.69) is 57.1 Å². The monoisotopic (exact) mass is 495 g/mol. The summed E-state index contributed by atoms with van der Waals surface area (Å²) in [4.78, 5) is 21.4. The Morgan fingerprint density at radius 1 is 0.921 bits per heavy atom. The fourth-order valence-electron chi connectivity index (χ4n) is 5.06. The topological polar surface area (TPSA) is 73.1 Å². The van der Waals surface area contributed by atoms with Crippen molar-refractivity contribution in [3.63, 3.8) is 0 Å². The number of hydrogen-bond donors (Lipinski definition) is 2. The zero-order valence-electron chi connectivity index (χ0n) is 21.3. The number of hydrogen-bond acceptors (Lipinski definition) is 5. The van der Waals surface area contributed by atoms with Crippen LogP contribution in [0.2, 0.25) is 10.9 Å². The van der Waals surface area contributed by atoms with Crippen molar-refractivity contribution in [3.8, 4) is 28.5 Å². The van der Waals surface area contributed by atoms with Gasteiger partial charge in [-0.2, -0.15) is 0 Å². The molecule has 38 heavy (non-hydrogen) atoms. The Hall–Kier alpha value is -3.65. The third-order valence-electron chi connectivity index (χ3n) is 7.69. The second kappa shape index (κ2) is 8.98. The summed E-state index contributed by atoms with van der Waals surface area (Å²) in [6.45, 7) is 4.60. The first kappa shape index (κ1) is 23.5. The third-order valence-corrected chi connectivity index (χ3v) is 7.69. The molecule has 0 aliphatic carbocycles. The largest absolute Gasteiger partial charge is 0.495 e. The smallest absolute Gasteiger partial charge is 0.138 e. The number of H-pyrrole nitrogens is 2. The van der Waals surface area contributed by atoms with E-state index in [0.717, 1.165) is 76.8 Å². The van der Waals surface area contributed by atoms with Crippen molar-refractivity contribution in [2.45, 2.75) is 10.9 Å². The number of piperazine rings is 1. The van der Waals surface area contributed by atoms with Crippen molar-refractivity contribution in [2.75, 3.05) is 44.7 Å². The van der Waals surface area contributed by atoms with Crippen LogP contribution in [0.4, 0.5) is 5.69 Å². The summed E-state index contributed by atoms with van der Waals surface area (Å²) < 4.78 is 5.90. The molecule has 5 aromatic rings. The van der Waals surface area contributed by atoms with E-state index in [1.54, 1.807) is 0 Å². The quantitative estimate of drug-likeness (QED) is 0.351. The van der Waals surface area contributed by atoms with Gasteiger partial charge in [0, 0.05) is 43.0 Å². The maximum atomic E-state index is 6.14. The van der Waals surface area contributed by atoms with Gasteiger partial charge in [0.05, 0.1) is 44.4 Å². The first-order chi connectivity index (χ1) is 18.4. The number of nitrogens with zero attached hydrogens (tertiary/aromatic N) is 4. The molecule has 2 aromatic heterocycles. The number of aromatic nitrogens is 4. The summed E-state index contributed by atoms with van der Waals surface area (Å²) in [5, 5.41) is -0.533. The lowest BCUT2D eigenvalue weighted by molar-refractivity contribution is 0.313. The predicted octanol–water partition coefficient (Wildman–Crippen LogP) is 3.82. The van der Waals surface area contributed by atoms with E-state index < -0.39 is 5.21 Å². The Kier molecular flexibility index (Phi) is 5.55. The Morgan fingerprint density at radius 2 is 1.58 bits per heavy atom. The van der Waals surface area contributed by atoms with Crippen molar-refractivity contribution >= 4 is 50.7 Å². The van der Waals surface area contributed by atoms with Crippen molar-refractivity contribution < 1.29 is 4.74 Å². The first-order valence-corrected chi connectivity index (χ1v) is 13.0. The van der Waals surface area contributed by atoms with Crippen LogP contribution < -0.4 is 9.64 Å². The minimum Gasteiger partial charge on any atom is -0.495 e. The van der Waals surface area contributed by atoms with Crippen LogP contribution in [0.15, 0.2) is 60.7 Å². The maximum Gasteiger partial charge on any atom is 0.138 e. The van der Waals surface area contributed by atoms with Crippen LogP contribution in [-0.2, 0) is 0 Å². The Bertz CT molecular complexity index is 1640. The van der Waals surface area contributed by atoms with Crippen LogP contribution in [0.25, 0.3) is 44.8 Å². The summed E-state index contributed by atoms with van der Waals surface area (Å²) in [5.41, 5.74) is 6.92. The van der Waals surface area contributed by atoms with Crippen LogP contribution in [0, 0.1) is 0 Å². The van der Waals surface area contributed by atoms with Crippen molar-refractivity contribution in [1.29, 1.82) is 0 Å². The van der Waals surface area contributed by atoms with Gasteiger partial charge < -0.3 is 24.5 Å². The van der Waals surface area contributed by atoms with Gasteiger partial charge >= 0.3 is 0 Å². The molecule has 5 radical (unpaired) electrons. The van der Waals surface area contributed by atoms with E-state index in [-0.39, 0.29) is 5.72 Å². The van der Waals surface area contributed by atoms with Gasteiger partial charge in [-0.05, 0) is 55.6 Å². The molecule has 2 N–H and O–H groups in total. The molecule has 2 saturated heterocycles. The molecular formula is C28H26B3N6O. The average molecular weight is 495 g/mol. The van der Waals surface area contributed by atoms with Crippen LogP contribution in [0.5, 0.6) is 5.75 Å². The fraction of sp³-hybridized carbons (Fsp3) is 0.286. The number of fused-ring (bicyclic) bond motifs is 2. The highest BCUT2D eigenvalue weighted by Gasteiger charge is 2.46. The molecule has 183 valence electrons.